The lowest BCUT2D eigenvalue weighted by atomic mass is 9.63. The molecule has 5 rings (SSSR count). The van der Waals surface area contributed by atoms with Gasteiger partial charge in [-0.2, -0.15) is 0 Å². The van der Waals surface area contributed by atoms with E-state index in [0.717, 1.165) is 24.1 Å². The first-order valence-electron chi connectivity index (χ1n) is 9.20. The lowest BCUT2D eigenvalue weighted by Gasteiger charge is -2.38. The van der Waals surface area contributed by atoms with E-state index >= 15 is 0 Å². The van der Waals surface area contributed by atoms with Gasteiger partial charge in [-0.15, -0.1) is 0 Å². The summed E-state index contributed by atoms with van der Waals surface area (Å²) in [6, 6.07) is 7.17. The quantitative estimate of drug-likeness (QED) is 0.644. The maximum atomic E-state index is 12.7. The van der Waals surface area contributed by atoms with Gasteiger partial charge in [0.05, 0.1) is 11.8 Å². The molecule has 2 bridgehead atoms. The Labute approximate surface area is 152 Å². The second kappa shape index (κ2) is 6.59. The highest BCUT2D eigenvalue weighted by atomic mass is 16.2. The maximum Gasteiger partial charge on any atom is 0.319 e. The molecule has 1 saturated carbocycles. The Balaban J connectivity index is 1.33. The predicted octanol–water partition coefficient (Wildman–Crippen LogP) is 2.31. The Morgan fingerprint density at radius 1 is 1.08 bits per heavy atom. The van der Waals surface area contributed by atoms with E-state index in [1.165, 1.54) is 4.90 Å². The number of carbonyl (C=O) groups excluding carboxylic acids is 3. The van der Waals surface area contributed by atoms with Crippen molar-refractivity contribution in [3.8, 4) is 0 Å². The minimum Gasteiger partial charge on any atom is -0.336 e. The van der Waals surface area contributed by atoms with E-state index in [4.69, 9.17) is 0 Å². The molecule has 1 aromatic carbocycles. The third-order valence-electron chi connectivity index (χ3n) is 5.86. The van der Waals surface area contributed by atoms with E-state index in [1.54, 1.807) is 0 Å². The summed E-state index contributed by atoms with van der Waals surface area (Å²) >= 11 is 0. The standard InChI is InChI=1S/C20H23N3O3/c1-12-4-2-3-5-15(12)22-20(26)21-10-11-23-18(24)16-13-6-7-14(9-8-13)17(16)19(23)25/h2-7,13-14,16-17H,8-11H2,1H3,(H2,21,22,26)/t13-,14-,16-,17-/m0/s1. The first-order chi connectivity index (χ1) is 12.6. The Hall–Kier alpha value is -2.63. The normalized spacial score (nSPS) is 29.0. The topological polar surface area (TPSA) is 78.5 Å². The van der Waals surface area contributed by atoms with Gasteiger partial charge < -0.3 is 10.6 Å². The number of hydrogen-bond acceptors (Lipinski definition) is 3. The molecule has 0 aromatic heterocycles. The molecule has 26 heavy (non-hydrogen) atoms. The van der Waals surface area contributed by atoms with Crippen LogP contribution in [-0.4, -0.2) is 35.8 Å². The molecule has 1 aromatic rings. The van der Waals surface area contributed by atoms with Crippen molar-refractivity contribution in [2.75, 3.05) is 18.4 Å². The number of hydrogen-bond donors (Lipinski definition) is 2. The number of amides is 4. The Morgan fingerprint density at radius 3 is 2.27 bits per heavy atom. The van der Waals surface area contributed by atoms with E-state index in [-0.39, 0.29) is 54.6 Å². The minimum absolute atomic E-state index is 0.0693. The molecule has 6 heteroatoms. The summed E-state index contributed by atoms with van der Waals surface area (Å²) in [7, 11) is 0. The van der Waals surface area contributed by atoms with E-state index in [9.17, 15) is 14.4 Å². The first kappa shape index (κ1) is 16.8. The lowest BCUT2D eigenvalue weighted by molar-refractivity contribution is -0.140. The second-order valence-corrected chi connectivity index (χ2v) is 7.37. The number of fused-ring (bicyclic) bond motifs is 1. The van der Waals surface area contributed by atoms with Crippen LogP contribution in [0.4, 0.5) is 10.5 Å². The number of carbonyl (C=O) groups is 3. The average Bonchev–Trinajstić information content (AvgIpc) is 2.92. The van der Waals surface area contributed by atoms with Crippen molar-refractivity contribution in [2.45, 2.75) is 19.8 Å². The van der Waals surface area contributed by atoms with Gasteiger partial charge in [0, 0.05) is 18.8 Å². The third-order valence-corrected chi connectivity index (χ3v) is 5.86. The van der Waals surface area contributed by atoms with Crippen molar-refractivity contribution in [2.24, 2.45) is 23.7 Å². The average molecular weight is 353 g/mol. The van der Waals surface area contributed by atoms with Crippen molar-refractivity contribution in [1.29, 1.82) is 0 Å². The van der Waals surface area contributed by atoms with Crippen LogP contribution in [0.1, 0.15) is 18.4 Å². The smallest absolute Gasteiger partial charge is 0.319 e. The molecule has 0 unspecified atom stereocenters. The highest BCUT2D eigenvalue weighted by Crippen LogP contribution is 2.49. The van der Waals surface area contributed by atoms with Gasteiger partial charge in [-0.1, -0.05) is 30.4 Å². The van der Waals surface area contributed by atoms with E-state index < -0.39 is 0 Å². The van der Waals surface area contributed by atoms with Crippen LogP contribution in [0.15, 0.2) is 36.4 Å². The zero-order valence-corrected chi connectivity index (χ0v) is 14.8. The second-order valence-electron chi connectivity index (χ2n) is 7.37. The molecule has 2 N–H and O–H groups in total. The van der Waals surface area contributed by atoms with Gasteiger partial charge in [0.1, 0.15) is 0 Å². The summed E-state index contributed by atoms with van der Waals surface area (Å²) < 4.78 is 0. The van der Waals surface area contributed by atoms with Crippen LogP contribution < -0.4 is 10.6 Å². The van der Waals surface area contributed by atoms with Crippen molar-refractivity contribution in [3.05, 3.63) is 42.0 Å². The van der Waals surface area contributed by atoms with E-state index in [0.29, 0.717) is 0 Å². The maximum absolute atomic E-state index is 12.7. The van der Waals surface area contributed by atoms with E-state index in [1.807, 2.05) is 31.2 Å². The fraction of sp³-hybridized carbons (Fsp3) is 0.450. The molecular weight excluding hydrogens is 330 g/mol. The van der Waals surface area contributed by atoms with Gasteiger partial charge in [0.25, 0.3) is 0 Å². The van der Waals surface area contributed by atoms with Crippen molar-refractivity contribution in [3.63, 3.8) is 0 Å². The number of urea groups is 1. The number of nitrogens with one attached hydrogen (secondary N) is 2. The molecule has 4 amide bonds. The molecule has 0 radical (unpaired) electrons. The fourth-order valence-electron chi connectivity index (χ4n) is 4.52. The summed E-state index contributed by atoms with van der Waals surface area (Å²) in [6.07, 6.45) is 6.20. The van der Waals surface area contributed by atoms with Crippen LogP contribution in [0.5, 0.6) is 0 Å². The molecule has 2 fully saturated rings. The Morgan fingerprint density at radius 2 is 1.69 bits per heavy atom. The minimum atomic E-state index is -0.336. The predicted molar refractivity (Wildman–Crippen MR) is 97.3 cm³/mol. The number of rotatable bonds is 4. The van der Waals surface area contributed by atoms with Gasteiger partial charge in [-0.3, -0.25) is 14.5 Å². The van der Waals surface area contributed by atoms with Gasteiger partial charge in [-0.25, -0.2) is 4.79 Å². The number of anilines is 1. The molecule has 1 heterocycles. The number of allylic oxidation sites excluding steroid dienone is 2. The summed E-state index contributed by atoms with van der Waals surface area (Å²) in [5.41, 5.74) is 1.71. The Kier molecular flexibility index (Phi) is 4.26. The van der Waals surface area contributed by atoms with Crippen LogP contribution in [0.25, 0.3) is 0 Å². The van der Waals surface area contributed by atoms with Crippen LogP contribution in [0, 0.1) is 30.6 Å². The van der Waals surface area contributed by atoms with Gasteiger partial charge in [-0.05, 0) is 43.2 Å². The number of nitrogens with zero attached hydrogens (tertiary/aromatic N) is 1. The highest BCUT2D eigenvalue weighted by molar-refractivity contribution is 6.06. The van der Waals surface area contributed by atoms with Crippen LogP contribution in [0.2, 0.25) is 0 Å². The van der Waals surface area contributed by atoms with Crippen LogP contribution in [-0.2, 0) is 9.59 Å². The number of imide groups is 1. The molecule has 6 nitrogen and oxygen atoms in total. The van der Waals surface area contributed by atoms with Crippen molar-refractivity contribution >= 4 is 23.5 Å². The molecule has 4 aliphatic rings. The first-order valence-corrected chi connectivity index (χ1v) is 9.20. The summed E-state index contributed by atoms with van der Waals surface area (Å²) in [4.78, 5) is 38.8. The molecular formula is C20H23N3O3. The molecule has 0 spiro atoms. The fourth-order valence-corrected chi connectivity index (χ4v) is 4.52. The number of likely N-dealkylation sites (tertiary alicyclic amines) is 1. The SMILES string of the molecule is Cc1ccccc1NC(=O)NCCN1C(=O)[C@@H]2[C@@H](C1=O)[C@H]1C=C[C@H]2CC1. The zero-order chi connectivity index (χ0) is 18.3. The monoisotopic (exact) mass is 353 g/mol. The van der Waals surface area contributed by atoms with Crippen molar-refractivity contribution in [1.82, 2.24) is 10.2 Å². The van der Waals surface area contributed by atoms with Crippen molar-refractivity contribution < 1.29 is 14.4 Å². The summed E-state index contributed by atoms with van der Waals surface area (Å²) in [6.45, 7) is 2.39. The summed E-state index contributed by atoms with van der Waals surface area (Å²) in [5.74, 6) is -0.119. The van der Waals surface area contributed by atoms with Gasteiger partial charge >= 0.3 is 6.03 Å². The Bertz CT molecular complexity index is 756. The van der Waals surface area contributed by atoms with E-state index in [2.05, 4.69) is 22.8 Å². The van der Waals surface area contributed by atoms with Crippen LogP contribution >= 0.6 is 0 Å². The molecule has 1 saturated heterocycles. The zero-order valence-electron chi connectivity index (χ0n) is 14.8. The largest absolute Gasteiger partial charge is 0.336 e. The van der Waals surface area contributed by atoms with Gasteiger partial charge in [0.2, 0.25) is 11.8 Å². The highest BCUT2D eigenvalue weighted by Gasteiger charge is 2.56. The molecule has 1 aliphatic heterocycles. The molecule has 4 atom stereocenters. The van der Waals surface area contributed by atoms with Gasteiger partial charge in [0.15, 0.2) is 0 Å². The lowest BCUT2D eigenvalue weighted by Crippen LogP contribution is -2.40. The number of para-hydroxylation sites is 1. The third kappa shape index (κ3) is 2.79. The van der Waals surface area contributed by atoms with Crippen LogP contribution in [0.3, 0.4) is 0 Å². The number of aryl methyl sites for hydroxylation is 1. The molecule has 136 valence electrons. The number of benzene rings is 1. The molecule has 3 aliphatic carbocycles. The summed E-state index contributed by atoms with van der Waals surface area (Å²) in [5, 5.41) is 5.52.